The fourth-order valence-corrected chi connectivity index (χ4v) is 3.21. The van der Waals surface area contributed by atoms with Gasteiger partial charge in [-0.1, -0.05) is 54.6 Å². The number of piperazine rings is 1. The zero-order chi connectivity index (χ0) is 18.9. The van der Waals surface area contributed by atoms with E-state index >= 15 is 0 Å². The van der Waals surface area contributed by atoms with Crippen LogP contribution in [0.15, 0.2) is 59.6 Å². The third kappa shape index (κ3) is 6.38. The summed E-state index contributed by atoms with van der Waals surface area (Å²) in [5.74, 6) is 0.820. The Kier molecular flexibility index (Phi) is 7.25. The maximum absolute atomic E-state index is 4.30. The van der Waals surface area contributed by atoms with E-state index in [9.17, 15) is 0 Å². The van der Waals surface area contributed by atoms with Gasteiger partial charge in [-0.3, -0.25) is 9.89 Å². The zero-order valence-corrected chi connectivity index (χ0v) is 16.5. The predicted molar refractivity (Wildman–Crippen MR) is 113 cm³/mol. The van der Waals surface area contributed by atoms with Crippen LogP contribution >= 0.6 is 0 Å². The molecule has 0 atom stereocenters. The lowest BCUT2D eigenvalue weighted by molar-refractivity contribution is 0.148. The van der Waals surface area contributed by atoms with E-state index in [1.54, 1.807) is 7.05 Å². The summed E-state index contributed by atoms with van der Waals surface area (Å²) in [5, 5.41) is 6.74. The van der Waals surface area contributed by atoms with Gasteiger partial charge in [0.25, 0.3) is 0 Å². The lowest BCUT2D eigenvalue weighted by Crippen LogP contribution is -2.43. The number of rotatable bonds is 6. The van der Waals surface area contributed by atoms with Crippen LogP contribution in [0.4, 0.5) is 0 Å². The van der Waals surface area contributed by atoms with Crippen molar-refractivity contribution in [2.45, 2.75) is 19.6 Å². The lowest BCUT2D eigenvalue weighted by Gasteiger charge is -2.32. The highest BCUT2D eigenvalue weighted by Crippen LogP contribution is 2.09. The quantitative estimate of drug-likeness (QED) is 0.609. The summed E-state index contributed by atoms with van der Waals surface area (Å²) in [4.78, 5) is 9.23. The molecule has 0 spiro atoms. The topological polar surface area (TPSA) is 42.9 Å². The Labute approximate surface area is 163 Å². The molecule has 0 bridgehead atoms. The molecule has 3 rings (SSSR count). The largest absolute Gasteiger partial charge is 0.352 e. The van der Waals surface area contributed by atoms with Crippen molar-refractivity contribution >= 4 is 5.96 Å². The van der Waals surface area contributed by atoms with Crippen molar-refractivity contribution in [3.63, 3.8) is 0 Å². The van der Waals surface area contributed by atoms with Gasteiger partial charge < -0.3 is 15.5 Å². The predicted octanol–water partition coefficient (Wildman–Crippen LogP) is 2.30. The Balaban J connectivity index is 1.43. The second-order valence-corrected chi connectivity index (χ2v) is 7.16. The lowest BCUT2D eigenvalue weighted by atomic mass is 10.1. The molecule has 0 radical (unpaired) electrons. The van der Waals surface area contributed by atoms with Crippen molar-refractivity contribution in [1.29, 1.82) is 0 Å². The number of hydrogen-bond donors (Lipinski definition) is 2. The molecule has 0 saturated carbocycles. The van der Waals surface area contributed by atoms with Crippen molar-refractivity contribution in [2.24, 2.45) is 4.99 Å². The highest BCUT2D eigenvalue weighted by Gasteiger charge is 2.13. The number of nitrogens with one attached hydrogen (secondary N) is 2. The zero-order valence-electron chi connectivity index (χ0n) is 16.5. The van der Waals surface area contributed by atoms with Crippen molar-refractivity contribution in [2.75, 3.05) is 40.3 Å². The summed E-state index contributed by atoms with van der Waals surface area (Å²) < 4.78 is 0. The Morgan fingerprint density at radius 3 is 1.96 bits per heavy atom. The second kappa shape index (κ2) is 10.1. The number of guanidine groups is 1. The highest BCUT2D eigenvalue weighted by atomic mass is 15.2. The molecule has 5 heteroatoms. The van der Waals surface area contributed by atoms with Crippen LogP contribution in [-0.2, 0) is 19.6 Å². The van der Waals surface area contributed by atoms with E-state index < -0.39 is 0 Å². The molecule has 0 aliphatic carbocycles. The SMILES string of the molecule is CN=C(NCc1ccccc1)NCc1ccc(CN2CCN(C)CC2)cc1. The van der Waals surface area contributed by atoms with Gasteiger partial charge in [-0.2, -0.15) is 0 Å². The van der Waals surface area contributed by atoms with Gasteiger partial charge in [-0.25, -0.2) is 0 Å². The van der Waals surface area contributed by atoms with Crippen LogP contribution in [0.25, 0.3) is 0 Å². The molecule has 5 nitrogen and oxygen atoms in total. The molecule has 1 aliphatic heterocycles. The van der Waals surface area contributed by atoms with Crippen LogP contribution in [-0.4, -0.2) is 56.0 Å². The Morgan fingerprint density at radius 1 is 0.815 bits per heavy atom. The average Bonchev–Trinajstić information content (AvgIpc) is 2.72. The standard InChI is InChI=1S/C22H31N5/c1-23-22(24-16-19-6-4-3-5-7-19)25-17-20-8-10-21(11-9-20)18-27-14-12-26(2)13-15-27/h3-11H,12-18H2,1-2H3,(H2,23,24,25). The van der Waals surface area contributed by atoms with E-state index in [0.717, 1.165) is 51.8 Å². The van der Waals surface area contributed by atoms with Crippen LogP contribution in [0.1, 0.15) is 16.7 Å². The summed E-state index contributed by atoms with van der Waals surface area (Å²) in [6.07, 6.45) is 0. The maximum atomic E-state index is 4.30. The monoisotopic (exact) mass is 365 g/mol. The van der Waals surface area contributed by atoms with Crippen molar-refractivity contribution in [3.8, 4) is 0 Å². The first kappa shape index (κ1) is 19.4. The Bertz CT molecular complexity index is 703. The van der Waals surface area contributed by atoms with Crippen molar-refractivity contribution in [3.05, 3.63) is 71.3 Å². The molecule has 0 aromatic heterocycles. The molecule has 144 valence electrons. The summed E-state index contributed by atoms with van der Waals surface area (Å²) >= 11 is 0. The second-order valence-electron chi connectivity index (χ2n) is 7.16. The number of likely N-dealkylation sites (N-methyl/N-ethyl adjacent to an activating group) is 1. The number of benzene rings is 2. The molecule has 1 saturated heterocycles. The molecule has 1 heterocycles. The molecular formula is C22H31N5. The highest BCUT2D eigenvalue weighted by molar-refractivity contribution is 5.79. The van der Waals surface area contributed by atoms with Gasteiger partial charge in [0.1, 0.15) is 0 Å². The number of nitrogens with zero attached hydrogens (tertiary/aromatic N) is 3. The van der Waals surface area contributed by atoms with Gasteiger partial charge in [0, 0.05) is 52.9 Å². The molecule has 0 amide bonds. The average molecular weight is 366 g/mol. The van der Waals surface area contributed by atoms with Gasteiger partial charge in [0.2, 0.25) is 0 Å². The Morgan fingerprint density at radius 2 is 1.37 bits per heavy atom. The minimum atomic E-state index is 0.767. The van der Waals surface area contributed by atoms with E-state index in [2.05, 4.69) is 81.0 Å². The van der Waals surface area contributed by atoms with E-state index in [0.29, 0.717) is 0 Å². The normalized spacial score (nSPS) is 16.3. The molecule has 2 aromatic carbocycles. The third-order valence-corrected chi connectivity index (χ3v) is 5.01. The fraction of sp³-hybridized carbons (Fsp3) is 0.409. The summed E-state index contributed by atoms with van der Waals surface area (Å²) in [7, 11) is 4.00. The van der Waals surface area contributed by atoms with Gasteiger partial charge >= 0.3 is 0 Å². The van der Waals surface area contributed by atoms with Crippen molar-refractivity contribution < 1.29 is 0 Å². The van der Waals surface area contributed by atoms with Crippen LogP contribution in [0, 0.1) is 0 Å². The minimum absolute atomic E-state index is 0.767. The van der Waals surface area contributed by atoms with E-state index in [1.807, 2.05) is 6.07 Å². The van der Waals surface area contributed by atoms with Crippen LogP contribution in [0.2, 0.25) is 0 Å². The number of aliphatic imine (C=N–C) groups is 1. The first-order chi connectivity index (χ1) is 13.2. The van der Waals surface area contributed by atoms with Gasteiger partial charge in [0.15, 0.2) is 5.96 Å². The first-order valence-electron chi connectivity index (χ1n) is 9.70. The van der Waals surface area contributed by atoms with Crippen LogP contribution in [0.3, 0.4) is 0 Å². The first-order valence-corrected chi connectivity index (χ1v) is 9.70. The van der Waals surface area contributed by atoms with E-state index in [4.69, 9.17) is 0 Å². The van der Waals surface area contributed by atoms with Gasteiger partial charge in [-0.05, 0) is 23.7 Å². The van der Waals surface area contributed by atoms with Crippen LogP contribution in [0.5, 0.6) is 0 Å². The summed E-state index contributed by atoms with van der Waals surface area (Å²) in [6, 6.07) is 19.3. The fourth-order valence-electron chi connectivity index (χ4n) is 3.21. The van der Waals surface area contributed by atoms with Crippen LogP contribution < -0.4 is 10.6 Å². The molecular weight excluding hydrogens is 334 g/mol. The molecule has 2 aromatic rings. The summed E-state index contributed by atoms with van der Waals surface area (Å²) in [5.41, 5.74) is 3.89. The Hall–Kier alpha value is -2.37. The maximum Gasteiger partial charge on any atom is 0.191 e. The minimum Gasteiger partial charge on any atom is -0.352 e. The van der Waals surface area contributed by atoms with E-state index in [-0.39, 0.29) is 0 Å². The van der Waals surface area contributed by atoms with Gasteiger partial charge in [0.05, 0.1) is 0 Å². The molecule has 1 aliphatic rings. The van der Waals surface area contributed by atoms with Gasteiger partial charge in [-0.15, -0.1) is 0 Å². The molecule has 1 fully saturated rings. The third-order valence-electron chi connectivity index (χ3n) is 5.01. The molecule has 2 N–H and O–H groups in total. The van der Waals surface area contributed by atoms with E-state index in [1.165, 1.54) is 16.7 Å². The number of hydrogen-bond acceptors (Lipinski definition) is 3. The summed E-state index contributed by atoms with van der Waals surface area (Å²) in [6.45, 7) is 7.22. The van der Waals surface area contributed by atoms with Crippen molar-refractivity contribution in [1.82, 2.24) is 20.4 Å². The molecule has 0 unspecified atom stereocenters. The smallest absolute Gasteiger partial charge is 0.191 e. The molecule has 27 heavy (non-hydrogen) atoms.